The first-order chi connectivity index (χ1) is 8.52. The van der Waals surface area contributed by atoms with Crippen LogP contribution in [0.15, 0.2) is 0 Å². The van der Waals surface area contributed by atoms with Crippen molar-refractivity contribution >= 4 is 25.8 Å². The Bertz CT molecular complexity index is 327. The largest absolute Gasteiger partial charge is 0.229 e. The van der Waals surface area contributed by atoms with Gasteiger partial charge in [-0.2, -0.15) is 0 Å². The number of hydrogen-bond donors (Lipinski definition) is 0. The Labute approximate surface area is 121 Å². The molecular weight excluding hydrogens is 312 g/mol. The summed E-state index contributed by atoms with van der Waals surface area (Å²) in [5.74, 6) is 2.55. The van der Waals surface area contributed by atoms with E-state index >= 15 is 0 Å². The molecule has 0 saturated carbocycles. The summed E-state index contributed by atoms with van der Waals surface area (Å²) >= 11 is 3.59. The van der Waals surface area contributed by atoms with Gasteiger partial charge in [-0.25, -0.2) is 8.42 Å². The Morgan fingerprint density at radius 2 is 2.06 bits per heavy atom. The minimum absolute atomic E-state index is 0.394. The highest BCUT2D eigenvalue weighted by Crippen LogP contribution is 2.33. The van der Waals surface area contributed by atoms with Gasteiger partial charge >= 0.3 is 0 Å². The zero-order chi connectivity index (χ0) is 13.6. The molecule has 1 rings (SSSR count). The van der Waals surface area contributed by atoms with Crippen LogP contribution in [-0.4, -0.2) is 25.3 Å². The molecule has 0 aromatic rings. The third kappa shape index (κ3) is 5.20. The van der Waals surface area contributed by atoms with E-state index in [1.54, 1.807) is 0 Å². The highest BCUT2D eigenvalue weighted by atomic mass is 79.9. The van der Waals surface area contributed by atoms with Crippen molar-refractivity contribution in [1.82, 2.24) is 0 Å². The van der Waals surface area contributed by atoms with Crippen LogP contribution in [0, 0.1) is 17.8 Å². The van der Waals surface area contributed by atoms with Crippen LogP contribution < -0.4 is 0 Å². The second kappa shape index (κ2) is 7.88. The monoisotopic (exact) mass is 338 g/mol. The van der Waals surface area contributed by atoms with E-state index in [4.69, 9.17) is 0 Å². The third-order valence-corrected chi connectivity index (χ3v) is 6.94. The fourth-order valence-electron chi connectivity index (χ4n) is 2.99. The zero-order valence-corrected chi connectivity index (χ0v) is 14.1. The van der Waals surface area contributed by atoms with Crippen LogP contribution in [-0.2, 0) is 9.84 Å². The van der Waals surface area contributed by atoms with Crippen molar-refractivity contribution in [3.05, 3.63) is 0 Å². The summed E-state index contributed by atoms with van der Waals surface area (Å²) in [6, 6.07) is 0. The van der Waals surface area contributed by atoms with Crippen molar-refractivity contribution < 1.29 is 8.42 Å². The predicted octanol–water partition coefficient (Wildman–Crippen LogP) is 4.04. The third-order valence-electron chi connectivity index (χ3n) is 4.31. The standard InChI is InChI=1S/C14H27BrO2S/c1-3-5-6-12(4-2)9-14(10-15)13-7-8-18(16,17)11-13/h12-14H,3-11H2,1-2H3. The van der Waals surface area contributed by atoms with Gasteiger partial charge in [-0.05, 0) is 30.6 Å². The van der Waals surface area contributed by atoms with Gasteiger partial charge in [0, 0.05) is 5.33 Å². The SMILES string of the molecule is CCCCC(CC)CC(CBr)C1CCS(=O)(=O)C1. The van der Waals surface area contributed by atoms with Gasteiger partial charge in [0.25, 0.3) is 0 Å². The van der Waals surface area contributed by atoms with Crippen LogP contribution >= 0.6 is 15.9 Å². The Balaban J connectivity index is 2.50. The normalized spacial score (nSPS) is 26.1. The smallest absolute Gasteiger partial charge is 0.150 e. The number of alkyl halides is 1. The lowest BCUT2D eigenvalue weighted by Crippen LogP contribution is -2.21. The van der Waals surface area contributed by atoms with Gasteiger partial charge in [0.15, 0.2) is 9.84 Å². The molecule has 108 valence electrons. The van der Waals surface area contributed by atoms with E-state index in [2.05, 4.69) is 29.8 Å². The molecule has 1 heterocycles. The second-order valence-corrected chi connectivity index (χ2v) is 8.61. The van der Waals surface area contributed by atoms with E-state index in [0.29, 0.717) is 23.3 Å². The van der Waals surface area contributed by atoms with Crippen LogP contribution in [0.5, 0.6) is 0 Å². The minimum atomic E-state index is -2.73. The lowest BCUT2D eigenvalue weighted by molar-refractivity contribution is 0.293. The summed E-state index contributed by atoms with van der Waals surface area (Å²) in [5, 5.41) is 0.954. The fourth-order valence-corrected chi connectivity index (χ4v) is 5.70. The molecule has 4 heteroatoms. The Hall–Kier alpha value is 0.430. The Kier molecular flexibility index (Phi) is 7.22. The Morgan fingerprint density at radius 1 is 1.33 bits per heavy atom. The zero-order valence-electron chi connectivity index (χ0n) is 11.7. The van der Waals surface area contributed by atoms with Crippen LogP contribution in [0.4, 0.5) is 0 Å². The van der Waals surface area contributed by atoms with Gasteiger partial charge in [0.2, 0.25) is 0 Å². The number of halogens is 1. The van der Waals surface area contributed by atoms with Crippen molar-refractivity contribution in [2.45, 2.75) is 52.4 Å². The van der Waals surface area contributed by atoms with Gasteiger partial charge < -0.3 is 0 Å². The number of rotatable bonds is 8. The fraction of sp³-hybridized carbons (Fsp3) is 1.00. The van der Waals surface area contributed by atoms with Gasteiger partial charge in [-0.3, -0.25) is 0 Å². The van der Waals surface area contributed by atoms with Gasteiger partial charge in [0.05, 0.1) is 11.5 Å². The molecule has 0 amide bonds. The van der Waals surface area contributed by atoms with Gasteiger partial charge in [-0.15, -0.1) is 0 Å². The molecule has 3 unspecified atom stereocenters. The van der Waals surface area contributed by atoms with Gasteiger partial charge in [0.1, 0.15) is 0 Å². The molecule has 2 nitrogen and oxygen atoms in total. The summed E-state index contributed by atoms with van der Waals surface area (Å²) in [4.78, 5) is 0. The minimum Gasteiger partial charge on any atom is -0.229 e. The van der Waals surface area contributed by atoms with Crippen molar-refractivity contribution in [3.63, 3.8) is 0 Å². The molecule has 1 aliphatic rings. The topological polar surface area (TPSA) is 34.1 Å². The van der Waals surface area contributed by atoms with Crippen molar-refractivity contribution in [1.29, 1.82) is 0 Å². The second-order valence-electron chi connectivity index (χ2n) is 5.73. The molecule has 18 heavy (non-hydrogen) atoms. The molecule has 1 saturated heterocycles. The van der Waals surface area contributed by atoms with Crippen molar-refractivity contribution in [2.24, 2.45) is 17.8 Å². The molecule has 0 N–H and O–H groups in total. The van der Waals surface area contributed by atoms with Crippen LogP contribution in [0.3, 0.4) is 0 Å². The molecule has 0 bridgehead atoms. The lowest BCUT2D eigenvalue weighted by Gasteiger charge is -2.25. The van der Waals surface area contributed by atoms with E-state index in [-0.39, 0.29) is 0 Å². The summed E-state index contributed by atoms with van der Waals surface area (Å²) < 4.78 is 23.1. The molecule has 0 aromatic carbocycles. The van der Waals surface area contributed by atoms with E-state index in [9.17, 15) is 8.42 Å². The molecule has 1 aliphatic heterocycles. The summed E-state index contributed by atoms with van der Waals surface area (Å²) in [7, 11) is -2.73. The highest BCUT2D eigenvalue weighted by molar-refractivity contribution is 9.09. The first-order valence-corrected chi connectivity index (χ1v) is 10.2. The van der Waals surface area contributed by atoms with Gasteiger partial charge in [-0.1, -0.05) is 55.5 Å². The maximum absolute atomic E-state index is 11.6. The average Bonchev–Trinajstić information content (AvgIpc) is 2.70. The van der Waals surface area contributed by atoms with Crippen LogP contribution in [0.2, 0.25) is 0 Å². The maximum atomic E-state index is 11.6. The molecule has 0 spiro atoms. The number of hydrogen-bond acceptors (Lipinski definition) is 2. The molecular formula is C14H27BrO2S. The van der Waals surface area contributed by atoms with Crippen molar-refractivity contribution in [2.75, 3.05) is 16.8 Å². The highest BCUT2D eigenvalue weighted by Gasteiger charge is 2.33. The summed E-state index contributed by atoms with van der Waals surface area (Å²) in [5.41, 5.74) is 0. The lowest BCUT2D eigenvalue weighted by atomic mass is 9.82. The molecule has 0 radical (unpaired) electrons. The summed E-state index contributed by atoms with van der Waals surface area (Å²) in [6.45, 7) is 4.50. The van der Waals surface area contributed by atoms with E-state index in [1.165, 1.54) is 32.1 Å². The molecule has 0 aliphatic carbocycles. The summed E-state index contributed by atoms with van der Waals surface area (Å²) in [6.07, 6.45) is 7.16. The quantitative estimate of drug-likeness (QED) is 0.626. The molecule has 0 aromatic heterocycles. The number of unbranched alkanes of at least 4 members (excludes halogenated alkanes) is 1. The van der Waals surface area contributed by atoms with Crippen LogP contribution in [0.1, 0.15) is 52.4 Å². The molecule has 3 atom stereocenters. The number of sulfone groups is 1. The Morgan fingerprint density at radius 3 is 2.50 bits per heavy atom. The first-order valence-electron chi connectivity index (χ1n) is 7.28. The van der Waals surface area contributed by atoms with E-state index in [0.717, 1.165) is 17.7 Å². The predicted molar refractivity (Wildman–Crippen MR) is 82.0 cm³/mol. The van der Waals surface area contributed by atoms with Crippen molar-refractivity contribution in [3.8, 4) is 0 Å². The van der Waals surface area contributed by atoms with Crippen LogP contribution in [0.25, 0.3) is 0 Å². The average molecular weight is 339 g/mol. The molecule has 1 fully saturated rings. The van der Waals surface area contributed by atoms with E-state index in [1.807, 2.05) is 0 Å². The maximum Gasteiger partial charge on any atom is 0.150 e. The van der Waals surface area contributed by atoms with E-state index < -0.39 is 9.84 Å². The first kappa shape index (κ1) is 16.5.